The number of hydrogen-bond donors (Lipinski definition) is 0. The summed E-state index contributed by atoms with van der Waals surface area (Å²) in [5, 5.41) is 0. The van der Waals surface area contributed by atoms with E-state index in [-0.39, 0.29) is 0 Å². The second-order valence-electron chi connectivity index (χ2n) is 1.40. The Bertz CT molecular complexity index is 47.9. The zero-order valence-electron chi connectivity index (χ0n) is 4.00. The van der Waals surface area contributed by atoms with Gasteiger partial charge in [0.25, 0.3) is 0 Å². The molecule has 0 aliphatic rings. The van der Waals surface area contributed by atoms with Gasteiger partial charge in [-0.05, 0) is 13.3 Å². The highest BCUT2D eigenvalue weighted by atomic mass is 127. The van der Waals surface area contributed by atoms with Crippen molar-refractivity contribution in [3.8, 4) is 0 Å². The zero-order valence-corrected chi connectivity index (χ0v) is 6.16. The minimum atomic E-state index is 1.17. The third kappa shape index (κ3) is 4.47. The Labute approximate surface area is 52.8 Å². The number of alkyl halides is 1. The van der Waals surface area contributed by atoms with Crippen molar-refractivity contribution in [1.29, 1.82) is 0 Å². The van der Waals surface area contributed by atoms with E-state index < -0.39 is 0 Å². The molecule has 0 atom stereocenters. The third-order valence-corrected chi connectivity index (χ3v) is 1.06. The summed E-state index contributed by atoms with van der Waals surface area (Å²) in [7, 11) is 0. The van der Waals surface area contributed by atoms with Crippen LogP contribution < -0.4 is 0 Å². The molecule has 0 radical (unpaired) electrons. The molecular weight excluding hydrogens is 187 g/mol. The Morgan fingerprint density at radius 3 is 2.33 bits per heavy atom. The number of allylic oxidation sites excluding steroid dienone is 1. The SMILES string of the molecule is C=C(C)CCI. The molecule has 0 aliphatic heterocycles. The third-order valence-electron chi connectivity index (χ3n) is 0.521. The lowest BCUT2D eigenvalue weighted by molar-refractivity contribution is 1.15. The van der Waals surface area contributed by atoms with E-state index in [1.807, 2.05) is 0 Å². The van der Waals surface area contributed by atoms with E-state index in [1.165, 1.54) is 16.4 Å². The van der Waals surface area contributed by atoms with E-state index in [2.05, 4.69) is 36.1 Å². The quantitative estimate of drug-likeness (QED) is 0.361. The molecule has 0 amide bonds. The second kappa shape index (κ2) is 3.65. The molecule has 0 rings (SSSR count). The lowest BCUT2D eigenvalue weighted by Gasteiger charge is -1.86. The van der Waals surface area contributed by atoms with Crippen LogP contribution in [0.3, 0.4) is 0 Å². The van der Waals surface area contributed by atoms with Gasteiger partial charge in [0.05, 0.1) is 0 Å². The van der Waals surface area contributed by atoms with E-state index in [0.717, 1.165) is 0 Å². The van der Waals surface area contributed by atoms with Crippen LogP contribution in [0.4, 0.5) is 0 Å². The molecule has 0 saturated carbocycles. The first kappa shape index (κ1) is 6.47. The molecule has 36 valence electrons. The van der Waals surface area contributed by atoms with E-state index in [9.17, 15) is 0 Å². The summed E-state index contributed by atoms with van der Waals surface area (Å²) in [5.74, 6) is 0. The molecule has 0 unspecified atom stereocenters. The van der Waals surface area contributed by atoms with Crippen molar-refractivity contribution in [2.24, 2.45) is 0 Å². The number of hydrogen-bond acceptors (Lipinski definition) is 0. The Hall–Kier alpha value is 0.470. The smallest absolute Gasteiger partial charge is 0.00323 e. The van der Waals surface area contributed by atoms with Gasteiger partial charge in [-0.15, -0.1) is 6.58 Å². The first-order valence-corrected chi connectivity index (χ1v) is 3.50. The van der Waals surface area contributed by atoms with Gasteiger partial charge in [-0.25, -0.2) is 0 Å². The molecule has 0 N–H and O–H groups in total. The lowest BCUT2D eigenvalue weighted by atomic mass is 10.3. The molecule has 0 aliphatic carbocycles. The molecule has 6 heavy (non-hydrogen) atoms. The highest BCUT2D eigenvalue weighted by Crippen LogP contribution is 1.97. The Balaban J connectivity index is 2.83. The average molecular weight is 196 g/mol. The van der Waals surface area contributed by atoms with E-state index in [0.29, 0.717) is 0 Å². The lowest BCUT2D eigenvalue weighted by Crippen LogP contribution is -1.70. The molecule has 0 heterocycles. The van der Waals surface area contributed by atoms with Crippen LogP contribution in [0, 0.1) is 0 Å². The molecule has 0 aromatic carbocycles. The van der Waals surface area contributed by atoms with Gasteiger partial charge in [0.15, 0.2) is 0 Å². The van der Waals surface area contributed by atoms with Gasteiger partial charge in [0, 0.05) is 4.43 Å². The van der Waals surface area contributed by atoms with Crippen molar-refractivity contribution in [2.45, 2.75) is 13.3 Å². The first-order valence-electron chi connectivity index (χ1n) is 1.97. The monoisotopic (exact) mass is 196 g/mol. The minimum absolute atomic E-state index is 1.17. The van der Waals surface area contributed by atoms with Crippen molar-refractivity contribution < 1.29 is 0 Å². The van der Waals surface area contributed by atoms with E-state index in [1.54, 1.807) is 0 Å². The maximum absolute atomic E-state index is 3.74. The molecule has 0 aromatic rings. The molecule has 0 spiro atoms. The van der Waals surface area contributed by atoms with Gasteiger partial charge in [-0.1, -0.05) is 28.2 Å². The first-order chi connectivity index (χ1) is 2.77. The molecule has 0 bridgehead atoms. The maximum atomic E-state index is 3.74. The van der Waals surface area contributed by atoms with Crippen molar-refractivity contribution in [2.75, 3.05) is 4.43 Å². The summed E-state index contributed by atoms with van der Waals surface area (Å²) in [6, 6.07) is 0. The molecule has 0 nitrogen and oxygen atoms in total. The van der Waals surface area contributed by atoms with Gasteiger partial charge in [-0.3, -0.25) is 0 Å². The van der Waals surface area contributed by atoms with Crippen LogP contribution in [0.5, 0.6) is 0 Å². The van der Waals surface area contributed by atoms with Crippen LogP contribution in [0.15, 0.2) is 12.2 Å². The maximum Gasteiger partial charge on any atom is 0.00323 e. The normalized spacial score (nSPS) is 8.33. The Kier molecular flexibility index (Phi) is 3.94. The van der Waals surface area contributed by atoms with Crippen molar-refractivity contribution in [3.05, 3.63) is 12.2 Å². The number of halogens is 1. The zero-order chi connectivity index (χ0) is 4.99. The van der Waals surface area contributed by atoms with Crippen LogP contribution in [0.2, 0.25) is 0 Å². The Morgan fingerprint density at radius 1 is 1.83 bits per heavy atom. The van der Waals surface area contributed by atoms with Crippen molar-refractivity contribution in [3.63, 3.8) is 0 Å². The highest BCUT2D eigenvalue weighted by Gasteiger charge is 1.77. The minimum Gasteiger partial charge on any atom is -0.100 e. The van der Waals surface area contributed by atoms with Crippen LogP contribution >= 0.6 is 22.6 Å². The second-order valence-corrected chi connectivity index (χ2v) is 2.47. The van der Waals surface area contributed by atoms with Gasteiger partial charge < -0.3 is 0 Å². The fourth-order valence-electron chi connectivity index (χ4n) is 0.161. The van der Waals surface area contributed by atoms with Gasteiger partial charge in [-0.2, -0.15) is 0 Å². The van der Waals surface area contributed by atoms with Crippen molar-refractivity contribution >= 4 is 22.6 Å². The molecule has 0 fully saturated rings. The highest BCUT2D eigenvalue weighted by molar-refractivity contribution is 14.1. The summed E-state index contributed by atoms with van der Waals surface area (Å²) in [5.41, 5.74) is 1.28. The molecule has 0 aromatic heterocycles. The fraction of sp³-hybridized carbons (Fsp3) is 0.600. The summed E-state index contributed by atoms with van der Waals surface area (Å²) in [6.45, 7) is 5.79. The number of rotatable bonds is 2. The summed E-state index contributed by atoms with van der Waals surface area (Å²) >= 11 is 2.34. The van der Waals surface area contributed by atoms with Crippen LogP contribution in [0.1, 0.15) is 13.3 Å². The van der Waals surface area contributed by atoms with Gasteiger partial charge in [0.2, 0.25) is 0 Å². The fourth-order valence-corrected chi connectivity index (χ4v) is 1.08. The van der Waals surface area contributed by atoms with Gasteiger partial charge >= 0.3 is 0 Å². The summed E-state index contributed by atoms with van der Waals surface area (Å²) in [6.07, 6.45) is 1.17. The predicted molar refractivity (Wildman–Crippen MR) is 38.3 cm³/mol. The van der Waals surface area contributed by atoms with E-state index in [4.69, 9.17) is 0 Å². The van der Waals surface area contributed by atoms with Gasteiger partial charge in [0.1, 0.15) is 0 Å². The van der Waals surface area contributed by atoms with Crippen LogP contribution in [-0.2, 0) is 0 Å². The molecule has 0 saturated heterocycles. The average Bonchev–Trinajstić information content (AvgIpc) is 1.35. The predicted octanol–water partition coefficient (Wildman–Crippen LogP) is 2.39. The van der Waals surface area contributed by atoms with Crippen molar-refractivity contribution in [1.82, 2.24) is 0 Å². The van der Waals surface area contributed by atoms with E-state index >= 15 is 0 Å². The largest absolute Gasteiger partial charge is 0.100 e. The van der Waals surface area contributed by atoms with Crippen LogP contribution in [-0.4, -0.2) is 4.43 Å². The molecule has 1 heteroatoms. The van der Waals surface area contributed by atoms with Crippen LogP contribution in [0.25, 0.3) is 0 Å². The molecular formula is C5H9I. The summed E-state index contributed by atoms with van der Waals surface area (Å²) < 4.78 is 1.20. The topological polar surface area (TPSA) is 0 Å². The standard InChI is InChI=1S/C5H9I/c1-5(2)3-4-6/h1,3-4H2,2H3. The summed E-state index contributed by atoms with van der Waals surface area (Å²) in [4.78, 5) is 0. The Morgan fingerprint density at radius 2 is 2.33 bits per heavy atom.